The number of carbonyl (C=O) groups excluding carboxylic acids is 1. The van der Waals surface area contributed by atoms with Crippen LogP contribution in [0.15, 0.2) is 30.3 Å². The lowest BCUT2D eigenvalue weighted by Gasteiger charge is -2.14. The molecule has 2 aromatic carbocycles. The van der Waals surface area contributed by atoms with Crippen molar-refractivity contribution in [2.45, 2.75) is 13.8 Å². The zero-order chi connectivity index (χ0) is 15.6. The van der Waals surface area contributed by atoms with Crippen molar-refractivity contribution in [1.29, 1.82) is 0 Å². The number of rotatable bonds is 3. The van der Waals surface area contributed by atoms with E-state index in [1.165, 1.54) is 13.0 Å². The van der Waals surface area contributed by atoms with Crippen molar-refractivity contribution in [3.8, 4) is 17.2 Å². The molecule has 0 aliphatic rings. The highest BCUT2D eigenvalue weighted by atomic mass is 35.5. The average molecular weight is 326 g/mol. The standard InChI is InChI=1S/C15H13Cl2NO3/c1-8-13(20-9(2)19)7-12(16)15(14(8)17)21-11-5-3-10(18)4-6-11/h3-7H,18H2,1-2H3. The SMILES string of the molecule is CC(=O)Oc1cc(Cl)c(Oc2ccc(N)cc2)c(Cl)c1C. The van der Waals surface area contributed by atoms with Gasteiger partial charge < -0.3 is 15.2 Å². The summed E-state index contributed by atoms with van der Waals surface area (Å²) >= 11 is 12.4. The predicted molar refractivity (Wildman–Crippen MR) is 83.4 cm³/mol. The monoisotopic (exact) mass is 325 g/mol. The minimum absolute atomic E-state index is 0.249. The fourth-order valence-corrected chi connectivity index (χ4v) is 2.19. The third-order valence-electron chi connectivity index (χ3n) is 2.73. The molecule has 6 heteroatoms. The fraction of sp³-hybridized carbons (Fsp3) is 0.133. The molecule has 0 atom stereocenters. The highest BCUT2D eigenvalue weighted by molar-refractivity contribution is 6.38. The van der Waals surface area contributed by atoms with Crippen LogP contribution in [-0.4, -0.2) is 5.97 Å². The Hall–Kier alpha value is -1.91. The number of nitrogens with two attached hydrogens (primary N) is 1. The normalized spacial score (nSPS) is 10.3. The number of hydrogen-bond donors (Lipinski definition) is 1. The summed E-state index contributed by atoms with van der Waals surface area (Å²) in [6.45, 7) is 3.02. The maximum atomic E-state index is 11.0. The van der Waals surface area contributed by atoms with E-state index in [0.717, 1.165) is 0 Å². The Kier molecular flexibility index (Phi) is 4.60. The largest absolute Gasteiger partial charge is 0.454 e. The summed E-state index contributed by atoms with van der Waals surface area (Å²) in [4.78, 5) is 11.0. The van der Waals surface area contributed by atoms with Gasteiger partial charge in [0.1, 0.15) is 11.5 Å². The lowest BCUT2D eigenvalue weighted by molar-refractivity contribution is -0.131. The molecule has 2 rings (SSSR count). The minimum Gasteiger partial charge on any atom is -0.454 e. The van der Waals surface area contributed by atoms with E-state index in [2.05, 4.69) is 0 Å². The molecule has 21 heavy (non-hydrogen) atoms. The van der Waals surface area contributed by atoms with Gasteiger partial charge in [-0.3, -0.25) is 4.79 Å². The molecular formula is C15H13Cl2NO3. The van der Waals surface area contributed by atoms with Crippen LogP contribution in [0.5, 0.6) is 17.2 Å². The average Bonchev–Trinajstić information content (AvgIpc) is 2.42. The van der Waals surface area contributed by atoms with Gasteiger partial charge in [-0.25, -0.2) is 0 Å². The first-order valence-electron chi connectivity index (χ1n) is 6.09. The summed E-state index contributed by atoms with van der Waals surface area (Å²) < 4.78 is 10.7. The Morgan fingerprint density at radius 2 is 1.81 bits per heavy atom. The highest BCUT2D eigenvalue weighted by Crippen LogP contribution is 2.42. The highest BCUT2D eigenvalue weighted by Gasteiger charge is 2.17. The summed E-state index contributed by atoms with van der Waals surface area (Å²) in [5, 5.41) is 0.536. The van der Waals surface area contributed by atoms with E-state index in [9.17, 15) is 4.79 Å². The summed E-state index contributed by atoms with van der Waals surface area (Å²) in [6.07, 6.45) is 0. The van der Waals surface area contributed by atoms with Gasteiger partial charge in [-0.1, -0.05) is 23.2 Å². The Balaban J connectivity index is 2.38. The first-order valence-corrected chi connectivity index (χ1v) is 6.84. The molecule has 0 aromatic heterocycles. The van der Waals surface area contributed by atoms with Crippen LogP contribution in [0.3, 0.4) is 0 Å². The van der Waals surface area contributed by atoms with Gasteiger partial charge in [0, 0.05) is 24.2 Å². The molecule has 0 aliphatic carbocycles. The summed E-state index contributed by atoms with van der Waals surface area (Å²) in [6, 6.07) is 8.32. The predicted octanol–water partition coefficient (Wildman–Crippen LogP) is 4.60. The molecule has 110 valence electrons. The van der Waals surface area contributed by atoms with E-state index < -0.39 is 5.97 Å². The van der Waals surface area contributed by atoms with Gasteiger partial charge in [-0.2, -0.15) is 0 Å². The van der Waals surface area contributed by atoms with Crippen LogP contribution in [0.2, 0.25) is 10.0 Å². The molecule has 2 N–H and O–H groups in total. The Bertz CT molecular complexity index is 684. The van der Waals surface area contributed by atoms with Crippen molar-refractivity contribution < 1.29 is 14.3 Å². The Morgan fingerprint density at radius 1 is 1.19 bits per heavy atom. The van der Waals surface area contributed by atoms with Crippen LogP contribution in [0.4, 0.5) is 5.69 Å². The van der Waals surface area contributed by atoms with E-state index in [0.29, 0.717) is 28.5 Å². The molecule has 0 spiro atoms. The van der Waals surface area contributed by atoms with E-state index in [1.54, 1.807) is 31.2 Å². The molecule has 0 aliphatic heterocycles. The third kappa shape index (κ3) is 3.60. The number of benzene rings is 2. The minimum atomic E-state index is -0.447. The zero-order valence-electron chi connectivity index (χ0n) is 11.4. The van der Waals surface area contributed by atoms with Crippen molar-refractivity contribution in [2.24, 2.45) is 0 Å². The van der Waals surface area contributed by atoms with Crippen LogP contribution < -0.4 is 15.2 Å². The molecule has 2 aromatic rings. The van der Waals surface area contributed by atoms with Gasteiger partial charge in [0.25, 0.3) is 0 Å². The number of anilines is 1. The molecular weight excluding hydrogens is 313 g/mol. The smallest absolute Gasteiger partial charge is 0.308 e. The second kappa shape index (κ2) is 6.24. The zero-order valence-corrected chi connectivity index (χ0v) is 13.0. The Labute approximate surface area is 132 Å². The van der Waals surface area contributed by atoms with Crippen LogP contribution in [-0.2, 0) is 4.79 Å². The van der Waals surface area contributed by atoms with Gasteiger partial charge in [0.05, 0.1) is 10.0 Å². The van der Waals surface area contributed by atoms with Crippen LogP contribution in [0, 0.1) is 6.92 Å². The van der Waals surface area contributed by atoms with Gasteiger partial charge in [-0.15, -0.1) is 0 Å². The van der Waals surface area contributed by atoms with Crippen molar-refractivity contribution >= 4 is 34.9 Å². The molecule has 0 fully saturated rings. The van der Waals surface area contributed by atoms with Crippen LogP contribution in [0.1, 0.15) is 12.5 Å². The molecule has 0 heterocycles. The van der Waals surface area contributed by atoms with E-state index in [-0.39, 0.29) is 10.0 Å². The van der Waals surface area contributed by atoms with E-state index in [4.69, 9.17) is 38.4 Å². The van der Waals surface area contributed by atoms with Crippen LogP contribution >= 0.6 is 23.2 Å². The topological polar surface area (TPSA) is 61.5 Å². The summed E-state index contributed by atoms with van der Waals surface area (Å²) in [5.74, 6) is 0.712. The fourth-order valence-electron chi connectivity index (χ4n) is 1.68. The van der Waals surface area contributed by atoms with Crippen LogP contribution in [0.25, 0.3) is 0 Å². The van der Waals surface area contributed by atoms with E-state index >= 15 is 0 Å². The quantitative estimate of drug-likeness (QED) is 0.509. The molecule has 0 saturated carbocycles. The third-order valence-corrected chi connectivity index (χ3v) is 3.46. The van der Waals surface area contributed by atoms with Crippen molar-refractivity contribution in [3.63, 3.8) is 0 Å². The maximum absolute atomic E-state index is 11.0. The lowest BCUT2D eigenvalue weighted by atomic mass is 10.2. The lowest BCUT2D eigenvalue weighted by Crippen LogP contribution is -2.03. The van der Waals surface area contributed by atoms with Crippen molar-refractivity contribution in [1.82, 2.24) is 0 Å². The van der Waals surface area contributed by atoms with Gasteiger partial charge in [-0.05, 0) is 31.2 Å². The van der Waals surface area contributed by atoms with Gasteiger partial charge in [0.2, 0.25) is 0 Å². The molecule has 0 saturated heterocycles. The van der Waals surface area contributed by atoms with Gasteiger partial charge in [0.15, 0.2) is 5.75 Å². The molecule has 0 amide bonds. The maximum Gasteiger partial charge on any atom is 0.308 e. The van der Waals surface area contributed by atoms with Crippen molar-refractivity contribution in [2.75, 3.05) is 5.73 Å². The number of ether oxygens (including phenoxy) is 2. The number of halogens is 2. The summed E-state index contributed by atoms with van der Waals surface area (Å²) in [5.41, 5.74) is 6.81. The second-order valence-electron chi connectivity index (χ2n) is 4.39. The Morgan fingerprint density at radius 3 is 2.38 bits per heavy atom. The molecule has 4 nitrogen and oxygen atoms in total. The summed E-state index contributed by atoms with van der Waals surface area (Å²) in [7, 11) is 0. The molecule has 0 bridgehead atoms. The molecule has 0 unspecified atom stereocenters. The second-order valence-corrected chi connectivity index (χ2v) is 5.17. The first-order chi connectivity index (χ1) is 9.88. The number of carbonyl (C=O) groups is 1. The van der Waals surface area contributed by atoms with E-state index in [1.807, 2.05) is 0 Å². The molecule has 0 radical (unpaired) electrons. The van der Waals surface area contributed by atoms with Crippen molar-refractivity contribution in [3.05, 3.63) is 45.9 Å². The van der Waals surface area contributed by atoms with Gasteiger partial charge >= 0.3 is 5.97 Å². The first kappa shape index (κ1) is 15.5. The number of nitrogen functional groups attached to an aromatic ring is 1. The number of hydrogen-bond acceptors (Lipinski definition) is 4. The number of esters is 1.